The third-order valence-corrected chi connectivity index (χ3v) is 7.30. The summed E-state index contributed by atoms with van der Waals surface area (Å²) in [4.78, 5) is 32.5. The van der Waals surface area contributed by atoms with Crippen LogP contribution in [0.1, 0.15) is 69.5 Å². The predicted octanol–water partition coefficient (Wildman–Crippen LogP) is 6.15. The Balaban J connectivity index is 1.70. The molecule has 2 aromatic carbocycles. The Kier molecular flexibility index (Phi) is 11.0. The topological polar surface area (TPSA) is 103 Å². The van der Waals surface area contributed by atoms with E-state index in [1.165, 1.54) is 4.90 Å². The van der Waals surface area contributed by atoms with E-state index in [0.717, 1.165) is 32.1 Å². The second kappa shape index (κ2) is 15.1. The molecule has 0 spiro atoms. The van der Waals surface area contributed by atoms with Gasteiger partial charge in [0.05, 0.1) is 38.3 Å². The molecule has 4 rings (SSSR count). The van der Waals surface area contributed by atoms with Gasteiger partial charge in [-0.25, -0.2) is 4.98 Å². The molecule has 0 aliphatic carbocycles. The lowest BCUT2D eigenvalue weighted by Gasteiger charge is -2.26. The van der Waals surface area contributed by atoms with Crippen molar-refractivity contribution in [1.82, 2.24) is 14.5 Å². The second-order valence-corrected chi connectivity index (χ2v) is 10.3. The number of likely N-dealkylation sites (tertiary alicyclic amines) is 1. The van der Waals surface area contributed by atoms with Crippen LogP contribution in [-0.4, -0.2) is 58.1 Å². The molecule has 1 N–H and O–H groups in total. The van der Waals surface area contributed by atoms with Crippen LogP contribution in [0.3, 0.4) is 0 Å². The molecule has 1 aliphatic heterocycles. The molecule has 1 aliphatic rings. The van der Waals surface area contributed by atoms with E-state index in [1.54, 1.807) is 50.0 Å². The quantitative estimate of drug-likeness (QED) is 0.0945. The Morgan fingerprint density at radius 1 is 0.929 bits per heavy atom. The number of rotatable bonds is 16. The Labute approximate surface area is 247 Å². The van der Waals surface area contributed by atoms with E-state index in [2.05, 4.69) is 18.8 Å². The Morgan fingerprint density at radius 3 is 2.48 bits per heavy atom. The zero-order chi connectivity index (χ0) is 29.9. The number of aromatic nitrogens is 2. The number of ether oxygens (including phenoxy) is 3. The first-order chi connectivity index (χ1) is 20.5. The van der Waals surface area contributed by atoms with E-state index in [4.69, 9.17) is 14.2 Å². The summed E-state index contributed by atoms with van der Waals surface area (Å²) in [7, 11) is 1.56. The minimum Gasteiger partial charge on any atom is -0.507 e. The van der Waals surface area contributed by atoms with Crippen LogP contribution < -0.4 is 14.2 Å². The van der Waals surface area contributed by atoms with Crippen molar-refractivity contribution in [3.05, 3.63) is 77.9 Å². The lowest BCUT2D eigenvalue weighted by Crippen LogP contribution is -2.31. The maximum absolute atomic E-state index is 13.5. The van der Waals surface area contributed by atoms with Gasteiger partial charge in [0.1, 0.15) is 11.5 Å². The highest BCUT2D eigenvalue weighted by atomic mass is 16.5. The molecular formula is C33H41N3O6. The number of nitrogens with zero attached hydrogens (tertiary/aromatic N) is 3. The summed E-state index contributed by atoms with van der Waals surface area (Å²) in [5.74, 6) is 0.0588. The van der Waals surface area contributed by atoms with Gasteiger partial charge in [0.25, 0.3) is 11.7 Å². The van der Waals surface area contributed by atoms with Gasteiger partial charge in [-0.1, -0.05) is 51.3 Å². The first-order valence-corrected chi connectivity index (χ1v) is 14.8. The van der Waals surface area contributed by atoms with Crippen LogP contribution in [0.5, 0.6) is 17.2 Å². The Bertz CT molecular complexity index is 1370. The van der Waals surface area contributed by atoms with Gasteiger partial charge < -0.3 is 28.8 Å². The standard InChI is InChI=1S/C33H41N3O6/c1-4-6-8-20-42-27-14-13-24(22-28(27)40-3)30-29(31(37)25-11-9-12-26(21-25)41-19-7-5-2)32(38)33(39)36(30)17-10-16-35-18-15-34-23-35/h9,11-15,18,21-23,30,37H,4-8,10,16-17,19-20H2,1-3H3. The summed E-state index contributed by atoms with van der Waals surface area (Å²) in [6.45, 7) is 6.27. The number of aliphatic hydroxyl groups excluding tert-OH is 1. The number of carbonyl (C=O) groups is 2. The van der Waals surface area contributed by atoms with Crippen LogP contribution in [-0.2, 0) is 16.1 Å². The molecule has 1 fully saturated rings. The van der Waals surface area contributed by atoms with Gasteiger partial charge in [-0.3, -0.25) is 9.59 Å². The van der Waals surface area contributed by atoms with E-state index in [1.807, 2.05) is 22.9 Å². The fraction of sp³-hybridized carbons (Fsp3) is 0.424. The lowest BCUT2D eigenvalue weighted by atomic mass is 9.95. The van der Waals surface area contributed by atoms with Gasteiger partial charge >= 0.3 is 0 Å². The first-order valence-electron chi connectivity index (χ1n) is 14.8. The molecule has 2 heterocycles. The van der Waals surface area contributed by atoms with E-state index in [-0.39, 0.29) is 11.3 Å². The molecule has 1 unspecified atom stereocenters. The van der Waals surface area contributed by atoms with Crippen molar-refractivity contribution in [2.24, 2.45) is 0 Å². The average Bonchev–Trinajstić information content (AvgIpc) is 3.62. The van der Waals surface area contributed by atoms with Crippen LogP contribution in [0.15, 0.2) is 66.8 Å². The summed E-state index contributed by atoms with van der Waals surface area (Å²) >= 11 is 0. The molecule has 0 bridgehead atoms. The number of methoxy groups -OCH3 is 1. The van der Waals surface area contributed by atoms with Crippen LogP contribution in [0.4, 0.5) is 0 Å². The summed E-state index contributed by atoms with van der Waals surface area (Å²) in [6, 6.07) is 11.6. The van der Waals surface area contributed by atoms with Crippen molar-refractivity contribution in [1.29, 1.82) is 0 Å². The highest BCUT2D eigenvalue weighted by molar-refractivity contribution is 6.46. The minimum atomic E-state index is -0.805. The van der Waals surface area contributed by atoms with Crippen molar-refractivity contribution in [2.75, 3.05) is 26.9 Å². The maximum Gasteiger partial charge on any atom is 0.295 e. The molecule has 42 heavy (non-hydrogen) atoms. The van der Waals surface area contributed by atoms with Crippen LogP contribution in [0, 0.1) is 0 Å². The normalized spacial score (nSPS) is 16.2. The van der Waals surface area contributed by atoms with Gasteiger partial charge in [0.15, 0.2) is 11.5 Å². The fourth-order valence-electron chi connectivity index (χ4n) is 5.03. The second-order valence-electron chi connectivity index (χ2n) is 10.3. The van der Waals surface area contributed by atoms with Crippen molar-refractivity contribution >= 4 is 17.4 Å². The lowest BCUT2D eigenvalue weighted by molar-refractivity contribution is -0.139. The Morgan fingerprint density at radius 2 is 1.74 bits per heavy atom. The molecular weight excluding hydrogens is 534 g/mol. The first kappa shape index (κ1) is 30.7. The zero-order valence-electron chi connectivity index (χ0n) is 24.8. The SMILES string of the molecule is CCCCCOc1ccc(C2C(=C(O)c3cccc(OCCCC)c3)C(=O)C(=O)N2CCCn2ccnc2)cc1OC. The molecule has 1 saturated heterocycles. The van der Waals surface area contributed by atoms with Gasteiger partial charge in [-0.2, -0.15) is 0 Å². The minimum absolute atomic E-state index is 0.0343. The molecule has 3 aromatic rings. The van der Waals surface area contributed by atoms with Crippen LogP contribution in [0.25, 0.3) is 5.76 Å². The molecule has 0 radical (unpaired) electrons. The van der Waals surface area contributed by atoms with Gasteiger partial charge in [-0.05, 0) is 49.1 Å². The number of imidazole rings is 1. The largest absolute Gasteiger partial charge is 0.507 e. The third kappa shape index (κ3) is 7.32. The highest BCUT2D eigenvalue weighted by Crippen LogP contribution is 2.42. The fourth-order valence-corrected chi connectivity index (χ4v) is 5.03. The molecule has 224 valence electrons. The Hall–Kier alpha value is -4.27. The number of Topliss-reactive ketones (excluding diaryl/α,β-unsaturated/α-hetero) is 1. The number of amides is 1. The summed E-state index contributed by atoms with van der Waals surface area (Å²) in [5, 5.41) is 11.5. The monoisotopic (exact) mass is 575 g/mol. The number of hydrogen-bond acceptors (Lipinski definition) is 7. The number of ketones is 1. The van der Waals surface area contributed by atoms with Crippen LogP contribution in [0.2, 0.25) is 0 Å². The molecule has 9 heteroatoms. The number of aryl methyl sites for hydroxylation is 1. The molecule has 0 saturated carbocycles. The van der Waals surface area contributed by atoms with Gasteiger partial charge in [0, 0.05) is 31.0 Å². The number of carbonyl (C=O) groups excluding carboxylic acids is 2. The van der Waals surface area contributed by atoms with Crippen molar-refractivity contribution in [3.63, 3.8) is 0 Å². The number of unbranched alkanes of at least 4 members (excludes halogenated alkanes) is 3. The van der Waals surface area contributed by atoms with Gasteiger partial charge in [0.2, 0.25) is 0 Å². The molecule has 1 aromatic heterocycles. The van der Waals surface area contributed by atoms with Gasteiger partial charge in [-0.15, -0.1) is 0 Å². The van der Waals surface area contributed by atoms with Crippen molar-refractivity contribution in [2.45, 2.75) is 65.0 Å². The molecule has 1 atom stereocenters. The molecule has 1 amide bonds. The zero-order valence-corrected chi connectivity index (χ0v) is 24.8. The number of aliphatic hydroxyl groups is 1. The summed E-state index contributed by atoms with van der Waals surface area (Å²) in [6.07, 6.45) is 10.8. The highest BCUT2D eigenvalue weighted by Gasteiger charge is 2.46. The van der Waals surface area contributed by atoms with E-state index < -0.39 is 17.7 Å². The maximum atomic E-state index is 13.5. The number of benzene rings is 2. The predicted molar refractivity (Wildman–Crippen MR) is 161 cm³/mol. The number of hydrogen-bond donors (Lipinski definition) is 1. The van der Waals surface area contributed by atoms with Crippen LogP contribution >= 0.6 is 0 Å². The molecule has 9 nitrogen and oxygen atoms in total. The van der Waals surface area contributed by atoms with Crippen molar-refractivity contribution < 1.29 is 28.9 Å². The average molecular weight is 576 g/mol. The summed E-state index contributed by atoms with van der Waals surface area (Å²) in [5.41, 5.74) is 1.09. The van der Waals surface area contributed by atoms with E-state index >= 15 is 0 Å². The van der Waals surface area contributed by atoms with E-state index in [9.17, 15) is 14.7 Å². The van der Waals surface area contributed by atoms with E-state index in [0.29, 0.717) is 61.1 Å². The third-order valence-electron chi connectivity index (χ3n) is 7.30. The summed E-state index contributed by atoms with van der Waals surface area (Å²) < 4.78 is 19.4. The van der Waals surface area contributed by atoms with Crippen molar-refractivity contribution in [3.8, 4) is 17.2 Å². The smallest absolute Gasteiger partial charge is 0.295 e.